The van der Waals surface area contributed by atoms with E-state index in [4.69, 9.17) is 0 Å². The average Bonchev–Trinajstić information content (AvgIpc) is 2.46. The summed E-state index contributed by atoms with van der Waals surface area (Å²) in [5, 5.41) is 0. The molecule has 1 aliphatic heterocycles. The van der Waals surface area contributed by atoms with E-state index in [1.54, 1.807) is 17.0 Å². The van der Waals surface area contributed by atoms with Crippen LogP contribution in [0.15, 0.2) is 24.5 Å². The van der Waals surface area contributed by atoms with Gasteiger partial charge in [-0.2, -0.15) is 4.39 Å². The first-order valence-corrected chi connectivity index (χ1v) is 5.93. The van der Waals surface area contributed by atoms with Crippen molar-refractivity contribution in [3.63, 3.8) is 0 Å². The minimum absolute atomic E-state index is 0.462. The Morgan fingerprint density at radius 2 is 2.21 bits per heavy atom. The molecule has 1 amide bonds. The van der Waals surface area contributed by atoms with E-state index in [2.05, 4.69) is 15.0 Å². The van der Waals surface area contributed by atoms with Crippen molar-refractivity contribution >= 4 is 6.41 Å². The van der Waals surface area contributed by atoms with Crippen LogP contribution in [0.3, 0.4) is 0 Å². The summed E-state index contributed by atoms with van der Waals surface area (Å²) in [6.07, 6.45) is 2.89. The number of carbonyl (C=O) groups is 1. The van der Waals surface area contributed by atoms with Gasteiger partial charge in [0.1, 0.15) is 6.33 Å². The van der Waals surface area contributed by atoms with E-state index in [0.717, 1.165) is 17.7 Å². The summed E-state index contributed by atoms with van der Waals surface area (Å²) in [5.74, 6) is -0.532. The molecule has 6 heteroatoms. The first-order chi connectivity index (χ1) is 9.28. The molecule has 0 bridgehead atoms. The highest BCUT2D eigenvalue weighted by Crippen LogP contribution is 2.25. The van der Waals surface area contributed by atoms with Crippen molar-refractivity contribution in [2.24, 2.45) is 0 Å². The molecule has 0 unspecified atom stereocenters. The van der Waals surface area contributed by atoms with E-state index in [-0.39, 0.29) is 0 Å². The average molecular weight is 258 g/mol. The maximum Gasteiger partial charge on any atom is 0.213 e. The Kier molecular flexibility index (Phi) is 2.91. The highest BCUT2D eigenvalue weighted by atomic mass is 19.1. The summed E-state index contributed by atoms with van der Waals surface area (Å²) in [6, 6.07) is 4.62. The Hall–Kier alpha value is -2.37. The van der Waals surface area contributed by atoms with Crippen LogP contribution in [0, 0.1) is 5.95 Å². The van der Waals surface area contributed by atoms with Crippen LogP contribution in [0.1, 0.15) is 11.3 Å². The van der Waals surface area contributed by atoms with E-state index in [9.17, 15) is 9.18 Å². The third-order valence-electron chi connectivity index (χ3n) is 3.14. The number of aromatic nitrogens is 3. The number of nitrogens with zero attached hydrogens (tertiary/aromatic N) is 4. The van der Waals surface area contributed by atoms with Gasteiger partial charge in [-0.15, -0.1) is 0 Å². The van der Waals surface area contributed by atoms with Gasteiger partial charge in [0, 0.05) is 12.1 Å². The molecule has 96 valence electrons. The first-order valence-electron chi connectivity index (χ1n) is 5.93. The summed E-state index contributed by atoms with van der Waals surface area (Å²) in [7, 11) is 0. The second-order valence-electron chi connectivity index (χ2n) is 4.32. The van der Waals surface area contributed by atoms with Gasteiger partial charge in [0.2, 0.25) is 12.4 Å². The molecule has 2 aromatic rings. The lowest BCUT2D eigenvalue weighted by molar-refractivity contribution is -0.119. The van der Waals surface area contributed by atoms with E-state index in [1.165, 1.54) is 12.4 Å². The molecule has 3 rings (SSSR count). The van der Waals surface area contributed by atoms with Crippen molar-refractivity contribution in [1.82, 2.24) is 19.9 Å². The van der Waals surface area contributed by atoms with Gasteiger partial charge >= 0.3 is 0 Å². The maximum absolute atomic E-state index is 13.2. The molecule has 0 aromatic carbocycles. The Balaban J connectivity index is 2.07. The lowest BCUT2D eigenvalue weighted by Gasteiger charge is -2.25. The number of hydrogen-bond acceptors (Lipinski definition) is 4. The number of hydrogen-bond donors (Lipinski definition) is 0. The summed E-state index contributed by atoms with van der Waals surface area (Å²) in [5.41, 5.74) is 2.89. The third kappa shape index (κ3) is 2.16. The van der Waals surface area contributed by atoms with Crippen molar-refractivity contribution in [1.29, 1.82) is 0 Å². The number of fused-ring (bicyclic) bond motifs is 1. The number of halogens is 1. The molecule has 0 radical (unpaired) electrons. The Morgan fingerprint density at radius 1 is 1.32 bits per heavy atom. The molecule has 0 aliphatic carbocycles. The minimum Gasteiger partial charge on any atom is -0.339 e. The van der Waals surface area contributed by atoms with Gasteiger partial charge in [0.05, 0.1) is 23.6 Å². The van der Waals surface area contributed by atoms with Crippen molar-refractivity contribution in [2.75, 3.05) is 6.54 Å². The summed E-state index contributed by atoms with van der Waals surface area (Å²) in [6.45, 7) is 1.08. The quantitative estimate of drug-likeness (QED) is 0.599. The predicted octanol–water partition coefficient (Wildman–Crippen LogP) is 1.19. The van der Waals surface area contributed by atoms with Crippen LogP contribution in [0.25, 0.3) is 11.4 Å². The second kappa shape index (κ2) is 4.72. The van der Waals surface area contributed by atoms with E-state index >= 15 is 0 Å². The van der Waals surface area contributed by atoms with Gasteiger partial charge in [-0.05, 0) is 18.6 Å². The van der Waals surface area contributed by atoms with E-state index in [1.807, 2.05) is 0 Å². The molecule has 1 aliphatic rings. The number of pyridine rings is 1. The molecule has 5 nitrogen and oxygen atoms in total. The predicted molar refractivity (Wildman–Crippen MR) is 65.4 cm³/mol. The smallest absolute Gasteiger partial charge is 0.213 e. The lowest BCUT2D eigenvalue weighted by Crippen LogP contribution is -2.30. The number of carbonyl (C=O) groups excluding carboxylic acids is 1. The van der Waals surface area contributed by atoms with E-state index < -0.39 is 5.95 Å². The van der Waals surface area contributed by atoms with Gasteiger partial charge < -0.3 is 4.90 Å². The molecule has 0 fully saturated rings. The molecule has 3 heterocycles. The zero-order chi connectivity index (χ0) is 13.2. The SMILES string of the molecule is O=CN1CCc2c(ncnc2-c2cccc(F)n2)C1. The minimum atomic E-state index is -0.532. The maximum atomic E-state index is 13.2. The van der Waals surface area contributed by atoms with Crippen molar-refractivity contribution in [3.05, 3.63) is 41.7 Å². The normalized spacial score (nSPS) is 14.1. The number of amides is 1. The molecule has 0 saturated heterocycles. The van der Waals surface area contributed by atoms with Gasteiger partial charge in [-0.25, -0.2) is 15.0 Å². The lowest BCUT2D eigenvalue weighted by atomic mass is 10.0. The van der Waals surface area contributed by atoms with Crippen LogP contribution in [0.4, 0.5) is 4.39 Å². The molecule has 0 spiro atoms. The molecule has 19 heavy (non-hydrogen) atoms. The van der Waals surface area contributed by atoms with Crippen molar-refractivity contribution in [3.8, 4) is 11.4 Å². The fourth-order valence-corrected chi connectivity index (χ4v) is 2.23. The molecule has 2 aromatic heterocycles. The molecular formula is C13H11FN4O. The van der Waals surface area contributed by atoms with Gasteiger partial charge in [0.25, 0.3) is 0 Å². The highest BCUT2D eigenvalue weighted by molar-refractivity contribution is 5.60. The van der Waals surface area contributed by atoms with Crippen LogP contribution >= 0.6 is 0 Å². The Morgan fingerprint density at radius 3 is 3.00 bits per heavy atom. The van der Waals surface area contributed by atoms with Gasteiger partial charge in [-0.1, -0.05) is 6.07 Å². The fourth-order valence-electron chi connectivity index (χ4n) is 2.23. The topological polar surface area (TPSA) is 59.0 Å². The molecule has 0 atom stereocenters. The Bertz CT molecular complexity index is 632. The van der Waals surface area contributed by atoms with Crippen LogP contribution in [0.2, 0.25) is 0 Å². The molecular weight excluding hydrogens is 247 g/mol. The molecule has 0 N–H and O–H groups in total. The summed E-state index contributed by atoms with van der Waals surface area (Å²) >= 11 is 0. The van der Waals surface area contributed by atoms with E-state index in [0.29, 0.717) is 30.9 Å². The standard InChI is InChI=1S/C13H11FN4O/c14-12-3-1-2-10(17-12)13-9-4-5-18(8-19)6-11(9)15-7-16-13/h1-3,7-8H,4-6H2. The van der Waals surface area contributed by atoms with Crippen molar-refractivity contribution < 1.29 is 9.18 Å². The van der Waals surface area contributed by atoms with Crippen LogP contribution in [-0.2, 0) is 17.8 Å². The second-order valence-corrected chi connectivity index (χ2v) is 4.32. The zero-order valence-corrected chi connectivity index (χ0v) is 10.1. The van der Waals surface area contributed by atoms with Crippen molar-refractivity contribution in [2.45, 2.75) is 13.0 Å². The molecule has 0 saturated carbocycles. The number of rotatable bonds is 2. The fraction of sp³-hybridized carbons (Fsp3) is 0.231. The van der Waals surface area contributed by atoms with Gasteiger partial charge in [0.15, 0.2) is 0 Å². The summed E-state index contributed by atoms with van der Waals surface area (Å²) < 4.78 is 13.2. The van der Waals surface area contributed by atoms with Crippen LogP contribution in [-0.4, -0.2) is 32.8 Å². The van der Waals surface area contributed by atoms with Crippen LogP contribution in [0.5, 0.6) is 0 Å². The zero-order valence-electron chi connectivity index (χ0n) is 10.1. The highest BCUT2D eigenvalue weighted by Gasteiger charge is 2.21. The first kappa shape index (κ1) is 11.7. The largest absolute Gasteiger partial charge is 0.339 e. The Labute approximate surface area is 109 Å². The van der Waals surface area contributed by atoms with Gasteiger partial charge in [-0.3, -0.25) is 4.79 Å². The third-order valence-corrected chi connectivity index (χ3v) is 3.14. The van der Waals surface area contributed by atoms with Crippen LogP contribution < -0.4 is 0 Å². The summed E-state index contributed by atoms with van der Waals surface area (Å²) in [4.78, 5) is 24.7. The monoisotopic (exact) mass is 258 g/mol.